The van der Waals surface area contributed by atoms with Gasteiger partial charge in [0, 0.05) is 11.5 Å². The van der Waals surface area contributed by atoms with Crippen molar-refractivity contribution in [1.82, 2.24) is 5.06 Å². The molecule has 2 atom stereocenters. The van der Waals surface area contributed by atoms with E-state index in [0.717, 1.165) is 17.7 Å². The number of benzene rings is 1. The summed E-state index contributed by atoms with van der Waals surface area (Å²) in [5.74, 6) is 0.968. The molecule has 1 aromatic rings. The van der Waals surface area contributed by atoms with E-state index in [0.29, 0.717) is 24.6 Å². The highest BCUT2D eigenvalue weighted by atomic mass is 16.7. The molecule has 2 aliphatic rings. The van der Waals surface area contributed by atoms with Gasteiger partial charge in [-0.05, 0) is 19.4 Å². The van der Waals surface area contributed by atoms with Gasteiger partial charge in [-0.3, -0.25) is 9.63 Å². The van der Waals surface area contributed by atoms with E-state index in [4.69, 9.17) is 9.57 Å². The first-order valence-corrected chi connectivity index (χ1v) is 6.43. The monoisotopic (exact) mass is 247 g/mol. The standard InChI is InChI=1S/C14H17NO3/c1-9-10(2)18-13-11(9)5-3-6-12(13)14(16)15-7-4-8-17-15/h3,5-6,9-10H,4,7-8H2,1-2H3. The minimum Gasteiger partial charge on any atom is -0.489 e. The van der Waals surface area contributed by atoms with Gasteiger partial charge in [-0.25, -0.2) is 5.06 Å². The Labute approximate surface area is 106 Å². The van der Waals surface area contributed by atoms with Crippen LogP contribution in [0.3, 0.4) is 0 Å². The van der Waals surface area contributed by atoms with Crippen molar-refractivity contribution in [2.45, 2.75) is 32.3 Å². The van der Waals surface area contributed by atoms with Crippen LogP contribution in [0.4, 0.5) is 0 Å². The van der Waals surface area contributed by atoms with Crippen molar-refractivity contribution in [2.75, 3.05) is 13.2 Å². The molecule has 18 heavy (non-hydrogen) atoms. The van der Waals surface area contributed by atoms with Crippen LogP contribution in [0.15, 0.2) is 18.2 Å². The minimum absolute atomic E-state index is 0.0920. The van der Waals surface area contributed by atoms with Crippen LogP contribution in [0.1, 0.15) is 42.1 Å². The normalized spacial score (nSPS) is 26.0. The molecular weight excluding hydrogens is 230 g/mol. The summed E-state index contributed by atoms with van der Waals surface area (Å²) in [5, 5.41) is 1.44. The molecule has 0 aliphatic carbocycles. The number of fused-ring (bicyclic) bond motifs is 1. The molecule has 3 rings (SSSR count). The van der Waals surface area contributed by atoms with Crippen molar-refractivity contribution in [3.8, 4) is 5.75 Å². The number of rotatable bonds is 1. The number of carbonyl (C=O) groups excluding carboxylic acids is 1. The Balaban J connectivity index is 1.96. The SMILES string of the molecule is CC1Oc2c(C(=O)N3CCCO3)cccc2C1C. The minimum atomic E-state index is -0.0920. The predicted molar refractivity (Wildman–Crippen MR) is 66.6 cm³/mol. The van der Waals surface area contributed by atoms with E-state index < -0.39 is 0 Å². The Morgan fingerprint density at radius 1 is 1.39 bits per heavy atom. The quantitative estimate of drug-likeness (QED) is 0.764. The van der Waals surface area contributed by atoms with Crippen LogP contribution in [0.5, 0.6) is 5.75 Å². The average molecular weight is 247 g/mol. The molecule has 1 aromatic carbocycles. The molecular formula is C14H17NO3. The van der Waals surface area contributed by atoms with E-state index >= 15 is 0 Å². The Kier molecular flexibility index (Phi) is 2.74. The largest absolute Gasteiger partial charge is 0.489 e. The second kappa shape index (κ2) is 4.28. The van der Waals surface area contributed by atoms with Gasteiger partial charge in [-0.1, -0.05) is 19.1 Å². The maximum absolute atomic E-state index is 12.3. The summed E-state index contributed by atoms with van der Waals surface area (Å²) in [6, 6.07) is 5.76. The maximum Gasteiger partial charge on any atom is 0.281 e. The zero-order chi connectivity index (χ0) is 12.7. The van der Waals surface area contributed by atoms with E-state index in [2.05, 4.69) is 6.92 Å². The summed E-state index contributed by atoms with van der Waals surface area (Å²) < 4.78 is 5.83. The van der Waals surface area contributed by atoms with Crippen molar-refractivity contribution in [3.05, 3.63) is 29.3 Å². The third-order valence-corrected chi connectivity index (χ3v) is 3.75. The molecule has 0 spiro atoms. The molecule has 1 fully saturated rings. The molecule has 2 aliphatic heterocycles. The summed E-state index contributed by atoms with van der Waals surface area (Å²) in [6.45, 7) is 5.43. The zero-order valence-electron chi connectivity index (χ0n) is 10.7. The van der Waals surface area contributed by atoms with Gasteiger partial charge in [0.25, 0.3) is 5.91 Å². The fourth-order valence-corrected chi connectivity index (χ4v) is 2.50. The number of hydrogen-bond donors (Lipinski definition) is 0. The summed E-state index contributed by atoms with van der Waals surface area (Å²) in [4.78, 5) is 17.7. The fraction of sp³-hybridized carbons (Fsp3) is 0.500. The maximum atomic E-state index is 12.3. The van der Waals surface area contributed by atoms with E-state index in [1.54, 1.807) is 0 Å². The Morgan fingerprint density at radius 2 is 2.22 bits per heavy atom. The molecule has 4 heteroatoms. The van der Waals surface area contributed by atoms with Gasteiger partial charge in [0.2, 0.25) is 0 Å². The number of carbonyl (C=O) groups is 1. The Bertz CT molecular complexity index is 480. The van der Waals surface area contributed by atoms with Crippen LogP contribution >= 0.6 is 0 Å². The lowest BCUT2D eigenvalue weighted by Crippen LogP contribution is -2.26. The highest BCUT2D eigenvalue weighted by Gasteiger charge is 2.33. The molecule has 1 saturated heterocycles. The van der Waals surface area contributed by atoms with Crippen LogP contribution in [0, 0.1) is 0 Å². The smallest absolute Gasteiger partial charge is 0.281 e. The topological polar surface area (TPSA) is 38.8 Å². The highest BCUT2D eigenvalue weighted by molar-refractivity contribution is 5.97. The van der Waals surface area contributed by atoms with Crippen LogP contribution in [0.25, 0.3) is 0 Å². The summed E-state index contributed by atoms with van der Waals surface area (Å²) in [7, 11) is 0. The van der Waals surface area contributed by atoms with Gasteiger partial charge < -0.3 is 4.74 Å². The predicted octanol–water partition coefficient (Wildman–Crippen LogP) is 2.35. The first kappa shape index (κ1) is 11.5. The second-order valence-electron chi connectivity index (χ2n) is 4.93. The number of ether oxygens (including phenoxy) is 1. The number of hydrogen-bond acceptors (Lipinski definition) is 3. The van der Waals surface area contributed by atoms with Crippen molar-refractivity contribution in [1.29, 1.82) is 0 Å². The van der Waals surface area contributed by atoms with Gasteiger partial charge in [-0.2, -0.15) is 0 Å². The molecule has 1 amide bonds. The van der Waals surface area contributed by atoms with Gasteiger partial charge in [0.1, 0.15) is 11.9 Å². The van der Waals surface area contributed by atoms with Gasteiger partial charge >= 0.3 is 0 Å². The molecule has 2 unspecified atom stereocenters. The molecule has 0 radical (unpaired) electrons. The molecule has 2 heterocycles. The lowest BCUT2D eigenvalue weighted by Gasteiger charge is -2.15. The fourth-order valence-electron chi connectivity index (χ4n) is 2.50. The lowest BCUT2D eigenvalue weighted by atomic mass is 9.97. The molecule has 96 valence electrons. The first-order chi connectivity index (χ1) is 8.68. The first-order valence-electron chi connectivity index (χ1n) is 6.43. The van der Waals surface area contributed by atoms with Gasteiger partial charge in [-0.15, -0.1) is 0 Å². The van der Waals surface area contributed by atoms with Crippen molar-refractivity contribution < 1.29 is 14.4 Å². The van der Waals surface area contributed by atoms with Gasteiger partial charge in [0.05, 0.1) is 18.7 Å². The van der Waals surface area contributed by atoms with Crippen LogP contribution in [-0.4, -0.2) is 30.2 Å². The Morgan fingerprint density at radius 3 is 2.94 bits per heavy atom. The van der Waals surface area contributed by atoms with Gasteiger partial charge in [0.15, 0.2) is 0 Å². The van der Waals surface area contributed by atoms with E-state index in [9.17, 15) is 4.79 Å². The second-order valence-corrected chi connectivity index (χ2v) is 4.93. The van der Waals surface area contributed by atoms with Crippen LogP contribution < -0.4 is 4.74 Å². The van der Waals surface area contributed by atoms with E-state index in [1.807, 2.05) is 25.1 Å². The summed E-state index contributed by atoms with van der Waals surface area (Å²) >= 11 is 0. The van der Waals surface area contributed by atoms with Crippen molar-refractivity contribution >= 4 is 5.91 Å². The third kappa shape index (κ3) is 1.68. The molecule has 0 N–H and O–H groups in total. The zero-order valence-corrected chi connectivity index (χ0v) is 10.7. The Hall–Kier alpha value is -1.55. The molecule has 0 aromatic heterocycles. The van der Waals surface area contributed by atoms with Crippen molar-refractivity contribution in [2.24, 2.45) is 0 Å². The highest BCUT2D eigenvalue weighted by Crippen LogP contribution is 2.40. The van der Waals surface area contributed by atoms with Crippen LogP contribution in [-0.2, 0) is 4.84 Å². The average Bonchev–Trinajstić information content (AvgIpc) is 2.99. The number of nitrogens with zero attached hydrogens (tertiary/aromatic N) is 1. The summed E-state index contributed by atoms with van der Waals surface area (Å²) in [5.41, 5.74) is 1.73. The van der Waals surface area contributed by atoms with E-state index in [-0.39, 0.29) is 12.0 Å². The number of hydroxylamine groups is 2. The third-order valence-electron chi connectivity index (χ3n) is 3.75. The molecule has 4 nitrogen and oxygen atoms in total. The number of para-hydroxylation sites is 1. The molecule has 0 bridgehead atoms. The van der Waals surface area contributed by atoms with Crippen molar-refractivity contribution in [3.63, 3.8) is 0 Å². The van der Waals surface area contributed by atoms with E-state index in [1.165, 1.54) is 5.06 Å². The molecule has 0 saturated carbocycles. The summed E-state index contributed by atoms with van der Waals surface area (Å²) in [6.07, 6.45) is 1.02. The lowest BCUT2D eigenvalue weighted by molar-refractivity contribution is -0.0770. The number of amides is 1. The van der Waals surface area contributed by atoms with Crippen LogP contribution in [0.2, 0.25) is 0 Å².